The normalized spacial score (nSPS) is 13.3. The topological polar surface area (TPSA) is 69.6 Å². The lowest BCUT2D eigenvalue weighted by Crippen LogP contribution is -2.50. The third-order valence-corrected chi connectivity index (χ3v) is 4.08. The molecule has 0 heterocycles. The summed E-state index contributed by atoms with van der Waals surface area (Å²) in [5.41, 5.74) is 0.880. The second-order valence-electron chi connectivity index (χ2n) is 4.95. The van der Waals surface area contributed by atoms with Gasteiger partial charge in [0.1, 0.15) is 6.04 Å². The lowest BCUT2D eigenvalue weighted by molar-refractivity contribution is -0.139. The van der Waals surface area contributed by atoms with E-state index < -0.39 is 12.0 Å². The average molecular weight is 310 g/mol. The first-order valence-corrected chi connectivity index (χ1v) is 8.14. The van der Waals surface area contributed by atoms with Crippen molar-refractivity contribution in [1.29, 1.82) is 0 Å². The van der Waals surface area contributed by atoms with Crippen molar-refractivity contribution in [3.63, 3.8) is 0 Å². The smallest absolute Gasteiger partial charge is 0.326 e. The van der Waals surface area contributed by atoms with Crippen LogP contribution in [0.25, 0.3) is 0 Å². The van der Waals surface area contributed by atoms with Crippen molar-refractivity contribution in [3.05, 3.63) is 35.9 Å². The zero-order valence-electron chi connectivity index (χ0n) is 12.6. The summed E-state index contributed by atoms with van der Waals surface area (Å²) in [7, 11) is 1.68. The molecule has 0 aliphatic heterocycles. The van der Waals surface area contributed by atoms with Crippen molar-refractivity contribution in [2.75, 3.05) is 19.1 Å². The summed E-state index contributed by atoms with van der Waals surface area (Å²) in [6.07, 6.45) is 2.24. The molecule has 2 N–H and O–H groups in total. The van der Waals surface area contributed by atoms with E-state index in [0.717, 1.165) is 11.3 Å². The van der Waals surface area contributed by atoms with Gasteiger partial charge in [0.15, 0.2) is 0 Å². The summed E-state index contributed by atoms with van der Waals surface area (Å²) in [6.45, 7) is 1.93. The summed E-state index contributed by atoms with van der Waals surface area (Å²) >= 11 is 1.65. The highest BCUT2D eigenvalue weighted by Crippen LogP contribution is 2.07. The Morgan fingerprint density at radius 2 is 1.95 bits per heavy atom. The Balaban J connectivity index is 2.66. The Hall–Kier alpha value is -1.69. The molecule has 0 radical (unpaired) electrons. The fraction of sp³-hybridized carbons (Fsp3) is 0.467. The Morgan fingerprint density at radius 3 is 2.48 bits per heavy atom. The van der Waals surface area contributed by atoms with Gasteiger partial charge in [-0.25, -0.2) is 9.59 Å². The number of urea groups is 1. The van der Waals surface area contributed by atoms with Crippen LogP contribution in [0.1, 0.15) is 12.5 Å². The van der Waals surface area contributed by atoms with Crippen LogP contribution in [0, 0.1) is 0 Å². The van der Waals surface area contributed by atoms with Crippen molar-refractivity contribution in [1.82, 2.24) is 10.2 Å². The molecule has 2 atom stereocenters. The minimum atomic E-state index is -1.03. The van der Waals surface area contributed by atoms with Crippen molar-refractivity contribution in [2.24, 2.45) is 0 Å². The van der Waals surface area contributed by atoms with E-state index in [1.54, 1.807) is 18.8 Å². The van der Waals surface area contributed by atoms with Crippen LogP contribution >= 0.6 is 11.8 Å². The highest BCUT2D eigenvalue weighted by molar-refractivity contribution is 7.98. The molecule has 1 rings (SSSR count). The molecule has 21 heavy (non-hydrogen) atoms. The number of benzene rings is 1. The van der Waals surface area contributed by atoms with E-state index in [-0.39, 0.29) is 18.5 Å². The van der Waals surface area contributed by atoms with Crippen molar-refractivity contribution in [2.45, 2.75) is 25.4 Å². The summed E-state index contributed by atoms with van der Waals surface area (Å²) in [5, 5.41) is 11.9. The number of carbonyl (C=O) groups excluding carboxylic acids is 1. The maximum Gasteiger partial charge on any atom is 0.326 e. The fourth-order valence-electron chi connectivity index (χ4n) is 1.85. The summed E-state index contributed by atoms with van der Waals surface area (Å²) in [5.74, 6) is -0.224. The van der Waals surface area contributed by atoms with Gasteiger partial charge in [-0.15, -0.1) is 0 Å². The molecule has 0 saturated heterocycles. The average Bonchev–Trinajstić information content (AvgIpc) is 2.46. The number of amides is 2. The number of carboxylic acids is 1. The number of hydrogen-bond donors (Lipinski definition) is 2. The molecule has 5 nitrogen and oxygen atoms in total. The predicted molar refractivity (Wildman–Crippen MR) is 85.7 cm³/mol. The molecule has 1 aromatic carbocycles. The second-order valence-corrected chi connectivity index (χ2v) is 5.86. The van der Waals surface area contributed by atoms with Gasteiger partial charge in [0.05, 0.1) is 0 Å². The Bertz CT molecular complexity index is 467. The summed E-state index contributed by atoms with van der Waals surface area (Å²) in [4.78, 5) is 25.0. The van der Waals surface area contributed by atoms with Crippen molar-refractivity contribution >= 4 is 23.8 Å². The number of carbonyl (C=O) groups is 2. The van der Waals surface area contributed by atoms with E-state index in [2.05, 4.69) is 5.32 Å². The zero-order valence-corrected chi connectivity index (χ0v) is 13.4. The molecule has 0 aliphatic carbocycles. The summed E-state index contributed by atoms with van der Waals surface area (Å²) < 4.78 is 0. The molecular weight excluding hydrogens is 288 g/mol. The number of hydrogen-bond acceptors (Lipinski definition) is 3. The van der Waals surface area contributed by atoms with Crippen molar-refractivity contribution < 1.29 is 14.7 Å². The molecule has 0 bridgehead atoms. The fourth-order valence-corrected chi connectivity index (χ4v) is 2.56. The van der Waals surface area contributed by atoms with Crippen LogP contribution < -0.4 is 5.32 Å². The molecule has 2 amide bonds. The molecule has 0 aliphatic rings. The van der Waals surface area contributed by atoms with Crippen LogP contribution in [-0.2, 0) is 11.2 Å². The van der Waals surface area contributed by atoms with E-state index in [0.29, 0.717) is 0 Å². The number of thioether (sulfide) groups is 1. The van der Waals surface area contributed by atoms with Gasteiger partial charge < -0.3 is 15.3 Å². The predicted octanol–water partition coefficient (Wildman–Crippen LogP) is 2.08. The molecule has 0 aromatic heterocycles. The van der Waals surface area contributed by atoms with Gasteiger partial charge in [-0.1, -0.05) is 30.3 Å². The molecule has 0 spiro atoms. The van der Waals surface area contributed by atoms with Crippen LogP contribution in [0.2, 0.25) is 0 Å². The van der Waals surface area contributed by atoms with Crippen molar-refractivity contribution in [3.8, 4) is 0 Å². The first-order chi connectivity index (χ1) is 9.95. The van der Waals surface area contributed by atoms with E-state index >= 15 is 0 Å². The van der Waals surface area contributed by atoms with E-state index in [4.69, 9.17) is 0 Å². The van der Waals surface area contributed by atoms with Gasteiger partial charge in [0.25, 0.3) is 0 Å². The lowest BCUT2D eigenvalue weighted by Gasteiger charge is -2.26. The van der Waals surface area contributed by atoms with Gasteiger partial charge >= 0.3 is 12.0 Å². The first-order valence-electron chi connectivity index (χ1n) is 6.74. The monoisotopic (exact) mass is 310 g/mol. The largest absolute Gasteiger partial charge is 0.480 e. The van der Waals surface area contributed by atoms with Crippen LogP contribution in [0.3, 0.4) is 0 Å². The van der Waals surface area contributed by atoms with Crippen LogP contribution in [-0.4, -0.2) is 53.1 Å². The van der Waals surface area contributed by atoms with Gasteiger partial charge in [-0.2, -0.15) is 11.8 Å². The van der Waals surface area contributed by atoms with Crippen LogP contribution in [0.5, 0.6) is 0 Å². The number of nitrogens with one attached hydrogen (secondary N) is 1. The van der Waals surface area contributed by atoms with Crippen LogP contribution in [0.4, 0.5) is 4.79 Å². The van der Waals surface area contributed by atoms with E-state index in [9.17, 15) is 14.7 Å². The molecule has 2 unspecified atom stereocenters. The number of nitrogens with zero attached hydrogens (tertiary/aromatic N) is 1. The molecule has 0 fully saturated rings. The zero-order chi connectivity index (χ0) is 15.8. The van der Waals surface area contributed by atoms with Gasteiger partial charge in [-0.3, -0.25) is 0 Å². The lowest BCUT2D eigenvalue weighted by atomic mass is 10.1. The van der Waals surface area contributed by atoms with Gasteiger partial charge in [0.2, 0.25) is 0 Å². The van der Waals surface area contributed by atoms with Gasteiger partial charge in [0, 0.05) is 25.3 Å². The summed E-state index contributed by atoms with van der Waals surface area (Å²) in [6, 6.07) is 8.03. The third kappa shape index (κ3) is 5.67. The molecule has 1 aromatic rings. The number of rotatable bonds is 7. The minimum absolute atomic E-state index is 0.0474. The Labute approximate surface area is 129 Å². The number of carboxylic acid groups (broad SMARTS) is 1. The maximum atomic E-state index is 12.1. The van der Waals surface area contributed by atoms with Gasteiger partial charge in [-0.05, 0) is 18.7 Å². The molecule has 0 saturated carbocycles. The highest BCUT2D eigenvalue weighted by atomic mass is 32.2. The van der Waals surface area contributed by atoms with Crippen LogP contribution in [0.15, 0.2) is 30.3 Å². The Kier molecular flexibility index (Phi) is 7.08. The minimum Gasteiger partial charge on any atom is -0.480 e. The van der Waals surface area contributed by atoms with E-state index in [1.807, 2.05) is 43.5 Å². The van der Waals surface area contributed by atoms with E-state index in [1.165, 1.54) is 4.90 Å². The highest BCUT2D eigenvalue weighted by Gasteiger charge is 2.23. The molecule has 116 valence electrons. The Morgan fingerprint density at radius 1 is 1.33 bits per heavy atom. The standard InChI is InChI=1S/C15H22N2O3S/c1-11(10-21-3)17(2)15(20)16-13(14(18)19)9-12-7-5-4-6-8-12/h4-8,11,13H,9-10H2,1-3H3,(H,16,20)(H,18,19). The quantitative estimate of drug-likeness (QED) is 0.809. The second kappa shape index (κ2) is 8.56. The maximum absolute atomic E-state index is 12.1. The first kappa shape index (κ1) is 17.4. The SMILES string of the molecule is CSCC(C)N(C)C(=O)NC(Cc1ccccc1)C(=O)O. The molecule has 6 heteroatoms. The molecular formula is C15H22N2O3S. The number of aliphatic carboxylic acids is 1. The third-order valence-electron chi connectivity index (χ3n) is 3.27.